The molecule has 0 atom stereocenters. The summed E-state index contributed by atoms with van der Waals surface area (Å²) >= 11 is 0. The number of esters is 1. The van der Waals surface area contributed by atoms with E-state index in [1.54, 1.807) is 6.92 Å². The van der Waals surface area contributed by atoms with Crippen molar-refractivity contribution in [2.24, 2.45) is 0 Å². The summed E-state index contributed by atoms with van der Waals surface area (Å²) in [4.78, 5) is 34.6. The zero-order chi connectivity index (χ0) is 15.0. The van der Waals surface area contributed by atoms with Crippen LogP contribution in [-0.4, -0.2) is 31.7 Å². The van der Waals surface area contributed by atoms with Crippen LogP contribution >= 0.6 is 0 Å². The van der Waals surface area contributed by atoms with Gasteiger partial charge >= 0.3 is 12.1 Å². The Morgan fingerprint density at radius 2 is 1.95 bits per heavy atom. The van der Waals surface area contributed by atoms with E-state index in [-0.39, 0.29) is 18.9 Å². The van der Waals surface area contributed by atoms with Gasteiger partial charge in [-0.25, -0.2) is 14.5 Å². The van der Waals surface area contributed by atoms with Crippen LogP contribution in [0.25, 0.3) is 0 Å². The Bertz CT molecular complexity index is 529. The molecule has 0 saturated carbocycles. The highest BCUT2D eigenvalue weighted by molar-refractivity contribution is 6.03. The zero-order valence-corrected chi connectivity index (χ0v) is 10.9. The molecule has 0 aliphatic heterocycles. The van der Waals surface area contributed by atoms with Crippen molar-refractivity contribution in [3.8, 4) is 12.3 Å². The number of hydrogen-bond donors (Lipinski definition) is 0. The van der Waals surface area contributed by atoms with Crippen LogP contribution in [0.1, 0.15) is 17.3 Å². The molecule has 104 valence electrons. The summed E-state index contributed by atoms with van der Waals surface area (Å²) < 4.78 is 9.46. The largest absolute Gasteiger partial charge is 0.462 e. The first-order valence-corrected chi connectivity index (χ1v) is 5.76. The predicted molar refractivity (Wildman–Crippen MR) is 71.1 cm³/mol. The molecule has 0 unspecified atom stereocenters. The molecule has 0 radical (unpaired) electrons. The highest BCUT2D eigenvalue weighted by Gasteiger charge is 2.16. The number of amides is 2. The van der Waals surface area contributed by atoms with Crippen molar-refractivity contribution in [2.75, 3.05) is 18.1 Å². The number of ether oxygens (including phenoxy) is 2. The van der Waals surface area contributed by atoms with Gasteiger partial charge in [0.25, 0.3) is 0 Å². The number of nitrogens with zero attached hydrogens (tertiary/aromatic N) is 1. The molecule has 0 spiro atoms. The van der Waals surface area contributed by atoms with Gasteiger partial charge in [-0.1, -0.05) is 5.92 Å². The van der Waals surface area contributed by atoms with Crippen molar-refractivity contribution >= 4 is 24.2 Å². The van der Waals surface area contributed by atoms with Gasteiger partial charge in [0, 0.05) is 0 Å². The summed E-state index contributed by atoms with van der Waals surface area (Å²) in [6.45, 7) is 1.73. The Balaban J connectivity index is 2.85. The van der Waals surface area contributed by atoms with Crippen LogP contribution in [0.2, 0.25) is 0 Å². The Hall–Kier alpha value is -2.81. The second-order valence-electron chi connectivity index (χ2n) is 3.50. The quantitative estimate of drug-likeness (QED) is 0.463. The molecule has 0 N–H and O–H groups in total. The van der Waals surface area contributed by atoms with Crippen LogP contribution in [0, 0.1) is 12.3 Å². The van der Waals surface area contributed by atoms with Gasteiger partial charge in [0.2, 0.25) is 6.41 Å². The van der Waals surface area contributed by atoms with Gasteiger partial charge in [0.1, 0.15) is 0 Å². The van der Waals surface area contributed by atoms with Gasteiger partial charge in [-0.3, -0.25) is 4.79 Å². The van der Waals surface area contributed by atoms with E-state index in [2.05, 4.69) is 10.7 Å². The smallest absolute Gasteiger partial charge is 0.421 e. The van der Waals surface area contributed by atoms with E-state index >= 15 is 0 Å². The topological polar surface area (TPSA) is 72.9 Å². The maximum atomic E-state index is 11.5. The first-order chi connectivity index (χ1) is 9.63. The van der Waals surface area contributed by atoms with E-state index in [1.807, 2.05) is 0 Å². The number of imide groups is 1. The number of anilines is 1. The van der Waals surface area contributed by atoms with Crippen molar-refractivity contribution in [1.82, 2.24) is 0 Å². The van der Waals surface area contributed by atoms with Gasteiger partial charge in [0.05, 0.1) is 17.9 Å². The maximum Gasteiger partial charge on any atom is 0.421 e. The van der Waals surface area contributed by atoms with Crippen LogP contribution < -0.4 is 4.90 Å². The molecule has 1 aromatic carbocycles. The third kappa shape index (κ3) is 3.85. The molecule has 1 aromatic rings. The summed E-state index contributed by atoms with van der Waals surface area (Å²) in [5, 5.41) is 0. The van der Waals surface area contributed by atoms with Crippen molar-refractivity contribution in [3.05, 3.63) is 29.8 Å². The first kappa shape index (κ1) is 15.2. The molecular weight excluding hydrogens is 262 g/mol. The SMILES string of the molecule is C#CCOC(=O)N(C=O)c1ccc(C(=O)OCC)cc1. The van der Waals surface area contributed by atoms with Crippen molar-refractivity contribution in [2.45, 2.75) is 6.92 Å². The molecule has 0 aliphatic rings. The number of rotatable bonds is 5. The summed E-state index contributed by atoms with van der Waals surface area (Å²) in [6, 6.07) is 5.74. The van der Waals surface area contributed by atoms with Gasteiger partial charge in [-0.2, -0.15) is 0 Å². The van der Waals surface area contributed by atoms with E-state index in [4.69, 9.17) is 11.2 Å². The second-order valence-corrected chi connectivity index (χ2v) is 3.50. The monoisotopic (exact) mass is 275 g/mol. The normalized spacial score (nSPS) is 9.20. The molecule has 0 fully saturated rings. The van der Waals surface area contributed by atoms with Crippen molar-refractivity contribution < 1.29 is 23.9 Å². The molecule has 6 nitrogen and oxygen atoms in total. The fourth-order valence-electron chi connectivity index (χ4n) is 1.35. The summed E-state index contributed by atoms with van der Waals surface area (Å²) in [7, 11) is 0. The van der Waals surface area contributed by atoms with E-state index in [1.165, 1.54) is 24.3 Å². The van der Waals surface area contributed by atoms with Gasteiger partial charge in [-0.15, -0.1) is 6.42 Å². The Labute approximate surface area is 116 Å². The minimum atomic E-state index is -0.887. The van der Waals surface area contributed by atoms with E-state index < -0.39 is 12.1 Å². The zero-order valence-electron chi connectivity index (χ0n) is 10.9. The van der Waals surface area contributed by atoms with Gasteiger partial charge in [0.15, 0.2) is 6.61 Å². The number of hydrogen-bond acceptors (Lipinski definition) is 5. The standard InChI is InChI=1S/C14H13NO5/c1-3-9-20-14(18)15(10-16)12-7-5-11(6-8-12)13(17)19-4-2/h1,5-8,10H,4,9H2,2H3. The highest BCUT2D eigenvalue weighted by Crippen LogP contribution is 2.15. The minimum absolute atomic E-state index is 0.232. The maximum absolute atomic E-state index is 11.5. The lowest BCUT2D eigenvalue weighted by molar-refractivity contribution is -0.107. The Morgan fingerprint density at radius 1 is 1.30 bits per heavy atom. The van der Waals surface area contributed by atoms with Crippen molar-refractivity contribution in [1.29, 1.82) is 0 Å². The third-order valence-electron chi connectivity index (χ3n) is 2.24. The summed E-state index contributed by atoms with van der Waals surface area (Å²) in [6.07, 6.45) is 4.37. The van der Waals surface area contributed by atoms with Crippen LogP contribution in [0.15, 0.2) is 24.3 Å². The number of carbonyl (C=O) groups is 3. The van der Waals surface area contributed by atoms with Crippen LogP contribution in [-0.2, 0) is 14.3 Å². The third-order valence-corrected chi connectivity index (χ3v) is 2.24. The van der Waals surface area contributed by atoms with Crippen LogP contribution in [0.5, 0.6) is 0 Å². The predicted octanol–water partition coefficient (Wildman–Crippen LogP) is 1.60. The van der Waals surface area contributed by atoms with E-state index in [0.717, 1.165) is 4.90 Å². The number of carbonyl (C=O) groups excluding carboxylic acids is 3. The number of benzene rings is 1. The molecule has 2 amide bonds. The van der Waals surface area contributed by atoms with Crippen molar-refractivity contribution in [3.63, 3.8) is 0 Å². The van der Waals surface area contributed by atoms with Gasteiger partial charge in [-0.05, 0) is 31.2 Å². The molecule has 1 rings (SSSR count). The minimum Gasteiger partial charge on any atom is -0.462 e. The molecule has 6 heteroatoms. The number of terminal acetylenes is 1. The van der Waals surface area contributed by atoms with Gasteiger partial charge < -0.3 is 9.47 Å². The molecule has 0 bridgehead atoms. The second kappa shape index (κ2) is 7.59. The lowest BCUT2D eigenvalue weighted by Gasteiger charge is -2.14. The average Bonchev–Trinajstić information content (AvgIpc) is 2.46. The Kier molecular flexibility index (Phi) is 5.78. The summed E-state index contributed by atoms with van der Waals surface area (Å²) in [5.74, 6) is 1.64. The molecule has 0 aliphatic carbocycles. The molecule has 20 heavy (non-hydrogen) atoms. The molecule has 0 aromatic heterocycles. The molecule has 0 heterocycles. The highest BCUT2D eigenvalue weighted by atomic mass is 16.6. The lowest BCUT2D eigenvalue weighted by atomic mass is 10.2. The van der Waals surface area contributed by atoms with E-state index in [0.29, 0.717) is 12.0 Å². The fraction of sp³-hybridized carbons (Fsp3) is 0.214. The molecular formula is C14H13NO5. The summed E-state index contributed by atoms with van der Waals surface area (Å²) in [5.41, 5.74) is 0.577. The van der Waals surface area contributed by atoms with Crippen LogP contribution in [0.3, 0.4) is 0 Å². The van der Waals surface area contributed by atoms with Crippen LogP contribution in [0.4, 0.5) is 10.5 Å². The first-order valence-electron chi connectivity index (χ1n) is 5.76. The Morgan fingerprint density at radius 3 is 2.45 bits per heavy atom. The fourth-order valence-corrected chi connectivity index (χ4v) is 1.35. The van der Waals surface area contributed by atoms with E-state index in [9.17, 15) is 14.4 Å². The lowest BCUT2D eigenvalue weighted by Crippen LogP contribution is -2.30. The molecule has 0 saturated heterocycles. The average molecular weight is 275 g/mol.